The van der Waals surface area contributed by atoms with Gasteiger partial charge < -0.3 is 9.47 Å². The first-order chi connectivity index (χ1) is 8.78. The summed E-state index contributed by atoms with van der Waals surface area (Å²) in [4.78, 5) is 0. The van der Waals surface area contributed by atoms with Crippen molar-refractivity contribution in [1.29, 1.82) is 0 Å². The molecule has 3 heteroatoms. The summed E-state index contributed by atoms with van der Waals surface area (Å²) in [6, 6.07) is 16.9. The first-order valence-corrected chi connectivity index (χ1v) is 5.66. The fourth-order valence-corrected chi connectivity index (χ4v) is 1.42. The summed E-state index contributed by atoms with van der Waals surface area (Å²) >= 11 is 0. The van der Waals surface area contributed by atoms with Crippen molar-refractivity contribution in [3.8, 4) is 17.2 Å². The summed E-state index contributed by atoms with van der Waals surface area (Å²) in [5.74, 6) is 2.23. The molecular weight excluding hydrogens is 226 g/mol. The van der Waals surface area contributed by atoms with Crippen molar-refractivity contribution in [2.24, 2.45) is 5.73 Å². The highest BCUT2D eigenvalue weighted by atomic mass is 16.5. The van der Waals surface area contributed by atoms with Gasteiger partial charge in [-0.2, -0.15) is 0 Å². The third kappa shape index (κ3) is 3.37. The zero-order valence-electron chi connectivity index (χ0n) is 9.95. The SMILES string of the molecule is C=CC(N)Oc1ccc(Oc2ccccc2)cc1. The molecule has 0 radical (unpaired) electrons. The Balaban J connectivity index is 2.02. The molecule has 0 saturated heterocycles. The molecule has 18 heavy (non-hydrogen) atoms. The maximum Gasteiger partial charge on any atom is 0.166 e. The van der Waals surface area contributed by atoms with E-state index in [9.17, 15) is 0 Å². The molecule has 0 aliphatic rings. The van der Waals surface area contributed by atoms with Crippen molar-refractivity contribution >= 4 is 0 Å². The van der Waals surface area contributed by atoms with Crippen LogP contribution in [0.15, 0.2) is 67.3 Å². The van der Waals surface area contributed by atoms with Gasteiger partial charge in [0, 0.05) is 0 Å². The summed E-state index contributed by atoms with van der Waals surface area (Å²) < 4.78 is 11.0. The minimum Gasteiger partial charge on any atom is -0.472 e. The largest absolute Gasteiger partial charge is 0.472 e. The van der Waals surface area contributed by atoms with Crippen molar-refractivity contribution < 1.29 is 9.47 Å². The van der Waals surface area contributed by atoms with E-state index in [0.717, 1.165) is 11.5 Å². The number of benzene rings is 2. The summed E-state index contributed by atoms with van der Waals surface area (Å²) in [6.45, 7) is 3.56. The van der Waals surface area contributed by atoms with Crippen LogP contribution in [0.3, 0.4) is 0 Å². The van der Waals surface area contributed by atoms with Gasteiger partial charge in [0.2, 0.25) is 0 Å². The van der Waals surface area contributed by atoms with Crippen LogP contribution in [0.4, 0.5) is 0 Å². The van der Waals surface area contributed by atoms with Gasteiger partial charge in [0.1, 0.15) is 17.2 Å². The molecule has 2 aromatic carbocycles. The van der Waals surface area contributed by atoms with Crippen LogP contribution < -0.4 is 15.2 Å². The van der Waals surface area contributed by atoms with Crippen molar-refractivity contribution in [2.75, 3.05) is 0 Å². The highest BCUT2D eigenvalue weighted by Gasteiger charge is 2.00. The molecule has 0 amide bonds. The predicted molar refractivity (Wildman–Crippen MR) is 71.8 cm³/mol. The van der Waals surface area contributed by atoms with Crippen molar-refractivity contribution in [2.45, 2.75) is 6.23 Å². The van der Waals surface area contributed by atoms with Gasteiger partial charge in [-0.25, -0.2) is 0 Å². The van der Waals surface area contributed by atoms with Crippen LogP contribution >= 0.6 is 0 Å². The van der Waals surface area contributed by atoms with Gasteiger partial charge in [-0.1, -0.05) is 24.8 Å². The van der Waals surface area contributed by atoms with E-state index in [2.05, 4.69) is 6.58 Å². The Morgan fingerprint density at radius 2 is 1.44 bits per heavy atom. The van der Waals surface area contributed by atoms with E-state index in [-0.39, 0.29) is 0 Å². The molecule has 0 aromatic heterocycles. The Kier molecular flexibility index (Phi) is 3.99. The molecule has 0 spiro atoms. The van der Waals surface area contributed by atoms with Gasteiger partial charge in [0.25, 0.3) is 0 Å². The number of ether oxygens (including phenoxy) is 2. The van der Waals surface area contributed by atoms with E-state index in [1.54, 1.807) is 0 Å². The molecule has 0 bridgehead atoms. The number of rotatable bonds is 5. The molecule has 1 unspecified atom stereocenters. The van der Waals surface area contributed by atoms with Gasteiger partial charge in [-0.05, 0) is 42.5 Å². The molecule has 0 aliphatic heterocycles. The molecule has 2 aromatic rings. The highest BCUT2D eigenvalue weighted by molar-refractivity contribution is 5.35. The Morgan fingerprint density at radius 3 is 2.06 bits per heavy atom. The van der Waals surface area contributed by atoms with E-state index in [4.69, 9.17) is 15.2 Å². The van der Waals surface area contributed by atoms with Crippen LogP contribution in [0.5, 0.6) is 17.2 Å². The molecule has 0 saturated carbocycles. The molecule has 0 fully saturated rings. The third-order valence-electron chi connectivity index (χ3n) is 2.31. The molecule has 0 heterocycles. The summed E-state index contributed by atoms with van der Waals surface area (Å²) in [5, 5.41) is 0. The molecular formula is C15H15NO2. The van der Waals surface area contributed by atoms with Gasteiger partial charge in [-0.15, -0.1) is 0 Å². The fourth-order valence-electron chi connectivity index (χ4n) is 1.42. The second-order valence-corrected chi connectivity index (χ2v) is 3.70. The molecule has 92 valence electrons. The van der Waals surface area contributed by atoms with Crippen molar-refractivity contribution in [3.63, 3.8) is 0 Å². The van der Waals surface area contributed by atoms with E-state index in [1.165, 1.54) is 6.08 Å². The fraction of sp³-hybridized carbons (Fsp3) is 0.0667. The van der Waals surface area contributed by atoms with Gasteiger partial charge >= 0.3 is 0 Å². The lowest BCUT2D eigenvalue weighted by Crippen LogP contribution is -2.23. The summed E-state index contributed by atoms with van der Waals surface area (Å²) in [5.41, 5.74) is 5.60. The second kappa shape index (κ2) is 5.89. The molecule has 1 atom stereocenters. The lowest BCUT2D eigenvalue weighted by molar-refractivity contribution is 0.258. The smallest absolute Gasteiger partial charge is 0.166 e. The van der Waals surface area contributed by atoms with Gasteiger partial charge in [0.05, 0.1) is 0 Å². The van der Waals surface area contributed by atoms with Crippen molar-refractivity contribution in [3.05, 3.63) is 67.3 Å². The molecule has 2 rings (SSSR count). The minimum atomic E-state index is -0.495. The standard InChI is InChI=1S/C15H15NO2/c1-2-15(16)18-14-10-8-13(9-11-14)17-12-6-4-3-5-7-12/h2-11,15H,1,16H2. The zero-order chi connectivity index (χ0) is 12.8. The third-order valence-corrected chi connectivity index (χ3v) is 2.31. The quantitative estimate of drug-likeness (QED) is 0.645. The summed E-state index contributed by atoms with van der Waals surface area (Å²) in [6.07, 6.45) is 1.04. The van der Waals surface area contributed by atoms with Gasteiger partial charge in [-0.3, -0.25) is 5.73 Å². The Hall–Kier alpha value is -2.26. The Bertz CT molecular complexity index is 494. The number of para-hydroxylation sites is 1. The molecule has 2 N–H and O–H groups in total. The Morgan fingerprint density at radius 1 is 0.889 bits per heavy atom. The lowest BCUT2D eigenvalue weighted by Gasteiger charge is -2.11. The topological polar surface area (TPSA) is 44.5 Å². The normalized spacial score (nSPS) is 11.6. The van der Waals surface area contributed by atoms with E-state index < -0.39 is 6.23 Å². The van der Waals surface area contributed by atoms with Crippen LogP contribution in [-0.2, 0) is 0 Å². The molecule has 3 nitrogen and oxygen atoms in total. The van der Waals surface area contributed by atoms with E-state index in [0.29, 0.717) is 5.75 Å². The Labute approximate surface area is 106 Å². The zero-order valence-corrected chi connectivity index (χ0v) is 9.95. The maximum absolute atomic E-state index is 5.66. The van der Waals surface area contributed by atoms with E-state index in [1.807, 2.05) is 54.6 Å². The van der Waals surface area contributed by atoms with Crippen molar-refractivity contribution in [1.82, 2.24) is 0 Å². The van der Waals surface area contributed by atoms with Crippen LogP contribution in [0.1, 0.15) is 0 Å². The maximum atomic E-state index is 5.66. The number of hydrogen-bond acceptors (Lipinski definition) is 3. The minimum absolute atomic E-state index is 0.495. The average Bonchev–Trinajstić information content (AvgIpc) is 2.42. The van der Waals surface area contributed by atoms with Crippen LogP contribution in [-0.4, -0.2) is 6.23 Å². The van der Waals surface area contributed by atoms with Gasteiger partial charge in [0.15, 0.2) is 6.23 Å². The van der Waals surface area contributed by atoms with Crippen LogP contribution in [0.25, 0.3) is 0 Å². The average molecular weight is 241 g/mol. The summed E-state index contributed by atoms with van der Waals surface area (Å²) in [7, 11) is 0. The predicted octanol–water partition coefficient (Wildman–Crippen LogP) is 3.33. The van der Waals surface area contributed by atoms with Crippen LogP contribution in [0.2, 0.25) is 0 Å². The number of nitrogens with two attached hydrogens (primary N) is 1. The highest BCUT2D eigenvalue weighted by Crippen LogP contribution is 2.23. The second-order valence-electron chi connectivity index (χ2n) is 3.70. The number of hydrogen-bond donors (Lipinski definition) is 1. The molecule has 0 aliphatic carbocycles. The monoisotopic (exact) mass is 241 g/mol. The van der Waals surface area contributed by atoms with Crippen LogP contribution in [0, 0.1) is 0 Å². The lowest BCUT2D eigenvalue weighted by atomic mass is 10.3. The first-order valence-electron chi connectivity index (χ1n) is 5.66. The van der Waals surface area contributed by atoms with E-state index >= 15 is 0 Å². The first kappa shape index (κ1) is 12.2.